The molecule has 0 spiro atoms. The summed E-state index contributed by atoms with van der Waals surface area (Å²) in [7, 11) is 0. The van der Waals surface area contributed by atoms with E-state index >= 15 is 0 Å². The Morgan fingerprint density at radius 3 is 1.85 bits per heavy atom. The first-order chi connectivity index (χ1) is 15.7. The Morgan fingerprint density at radius 1 is 0.909 bits per heavy atom. The van der Waals surface area contributed by atoms with Gasteiger partial charge in [-0.15, -0.1) is 0 Å². The molecule has 2 heterocycles. The van der Waals surface area contributed by atoms with Gasteiger partial charge in [0, 0.05) is 42.4 Å². The maximum atomic E-state index is 12.8. The van der Waals surface area contributed by atoms with Crippen molar-refractivity contribution >= 4 is 36.3 Å². The van der Waals surface area contributed by atoms with Crippen molar-refractivity contribution in [3.63, 3.8) is 0 Å². The molecule has 2 aromatic heterocycles. The number of rotatable bonds is 13. The highest BCUT2D eigenvalue weighted by atomic mass is 32.1. The van der Waals surface area contributed by atoms with Crippen LogP contribution in [-0.4, -0.2) is 90.4 Å². The number of nitrogens with two attached hydrogens (primary N) is 1. The normalized spacial score (nSPS) is 14.5. The zero-order valence-corrected chi connectivity index (χ0v) is 18.3. The van der Waals surface area contributed by atoms with Gasteiger partial charge in [0.25, 0.3) is 0 Å². The van der Waals surface area contributed by atoms with Crippen LogP contribution in [0, 0.1) is 0 Å². The summed E-state index contributed by atoms with van der Waals surface area (Å²) in [5.41, 5.74) is 6.63. The van der Waals surface area contributed by atoms with Crippen LogP contribution in [0.15, 0.2) is 25.0 Å². The standard InChI is InChI=1S/C18H26N8O6S/c19-11(6-33)15(28)24-12(1-9-3-20-7-22-9)16(29)26-14(5-27)17(30)25-13(18(31)32)2-10-4-21-8-23-10/h3-4,7-8,11-14,27,33H,1-2,5-6,19H2,(H,20,22)(H,21,23)(H,24,28)(H,25,30)(H,26,29)(H,31,32). The van der Waals surface area contributed by atoms with Crippen molar-refractivity contribution in [1.82, 2.24) is 35.9 Å². The number of carbonyl (C=O) groups excluding carboxylic acids is 3. The van der Waals surface area contributed by atoms with Gasteiger partial charge in [-0.3, -0.25) is 14.4 Å². The first-order valence-corrected chi connectivity index (χ1v) is 10.4. The number of amides is 3. The number of nitrogens with one attached hydrogen (secondary N) is 5. The summed E-state index contributed by atoms with van der Waals surface area (Å²) in [6, 6.07) is -4.94. The molecule has 4 unspecified atom stereocenters. The summed E-state index contributed by atoms with van der Waals surface area (Å²) in [5, 5.41) is 26.1. The lowest BCUT2D eigenvalue weighted by atomic mass is 10.1. The van der Waals surface area contributed by atoms with E-state index in [4.69, 9.17) is 5.73 Å². The smallest absolute Gasteiger partial charge is 0.326 e. The molecule has 0 aliphatic heterocycles. The van der Waals surface area contributed by atoms with Crippen molar-refractivity contribution in [2.45, 2.75) is 37.0 Å². The number of carboxylic acid groups (broad SMARTS) is 1. The van der Waals surface area contributed by atoms with Crippen molar-refractivity contribution in [3.8, 4) is 0 Å². The molecule has 180 valence electrons. The van der Waals surface area contributed by atoms with E-state index in [1.54, 1.807) is 0 Å². The minimum Gasteiger partial charge on any atom is -0.480 e. The van der Waals surface area contributed by atoms with Gasteiger partial charge in [0.2, 0.25) is 17.7 Å². The minimum atomic E-state index is -1.47. The molecule has 0 saturated heterocycles. The molecule has 0 aromatic carbocycles. The fourth-order valence-corrected chi connectivity index (χ4v) is 2.91. The number of hydrogen-bond acceptors (Lipinski definition) is 9. The van der Waals surface area contributed by atoms with Crippen LogP contribution < -0.4 is 21.7 Å². The lowest BCUT2D eigenvalue weighted by Gasteiger charge is -2.24. The van der Waals surface area contributed by atoms with E-state index in [1.807, 2.05) is 0 Å². The minimum absolute atomic E-state index is 0.00575. The predicted octanol–water partition coefficient (Wildman–Crippen LogP) is -3.29. The van der Waals surface area contributed by atoms with Gasteiger partial charge in [-0.2, -0.15) is 12.6 Å². The van der Waals surface area contributed by atoms with Crippen LogP contribution in [0.25, 0.3) is 0 Å². The SMILES string of the molecule is NC(CS)C(=O)NC(Cc1cnc[nH]1)C(=O)NC(CO)C(=O)NC(Cc1cnc[nH]1)C(=O)O. The Hall–Kier alpha value is -3.43. The van der Waals surface area contributed by atoms with Gasteiger partial charge in [0.05, 0.1) is 25.3 Å². The third-order valence-corrected chi connectivity index (χ3v) is 4.95. The molecule has 0 bridgehead atoms. The Labute approximate surface area is 193 Å². The number of carbonyl (C=O) groups is 4. The van der Waals surface area contributed by atoms with E-state index in [1.165, 1.54) is 25.0 Å². The van der Waals surface area contributed by atoms with Gasteiger partial charge in [-0.05, 0) is 0 Å². The van der Waals surface area contributed by atoms with E-state index in [0.29, 0.717) is 11.4 Å². The van der Waals surface area contributed by atoms with Crippen molar-refractivity contribution in [2.75, 3.05) is 12.4 Å². The zero-order valence-electron chi connectivity index (χ0n) is 17.4. The summed E-state index contributed by atoms with van der Waals surface area (Å²) in [6.45, 7) is -0.811. The molecule has 0 radical (unpaired) electrons. The van der Waals surface area contributed by atoms with E-state index < -0.39 is 54.5 Å². The van der Waals surface area contributed by atoms with Crippen molar-refractivity contribution < 1.29 is 29.4 Å². The molecule has 4 atom stereocenters. The highest BCUT2D eigenvalue weighted by Crippen LogP contribution is 2.03. The Morgan fingerprint density at radius 2 is 1.39 bits per heavy atom. The van der Waals surface area contributed by atoms with E-state index in [0.717, 1.165) is 0 Å². The van der Waals surface area contributed by atoms with E-state index in [-0.39, 0.29) is 18.6 Å². The summed E-state index contributed by atoms with van der Waals surface area (Å²) in [4.78, 5) is 62.2. The van der Waals surface area contributed by atoms with Gasteiger partial charge < -0.3 is 41.9 Å². The lowest BCUT2D eigenvalue weighted by molar-refractivity contribution is -0.142. The zero-order chi connectivity index (χ0) is 24.4. The maximum absolute atomic E-state index is 12.8. The molecule has 3 amide bonds. The van der Waals surface area contributed by atoms with Gasteiger partial charge in [0.1, 0.15) is 18.1 Å². The number of aliphatic hydroxyl groups excluding tert-OH is 1. The monoisotopic (exact) mass is 482 g/mol. The van der Waals surface area contributed by atoms with Crippen LogP contribution in [0.3, 0.4) is 0 Å². The predicted molar refractivity (Wildman–Crippen MR) is 117 cm³/mol. The third-order valence-electron chi connectivity index (χ3n) is 4.55. The molecule has 0 fully saturated rings. The Balaban J connectivity index is 2.07. The Bertz CT molecular complexity index is 923. The number of nitrogens with zero attached hydrogens (tertiary/aromatic N) is 2. The first-order valence-electron chi connectivity index (χ1n) is 9.80. The van der Waals surface area contributed by atoms with Crippen molar-refractivity contribution in [1.29, 1.82) is 0 Å². The lowest BCUT2D eigenvalue weighted by Crippen LogP contribution is -2.58. The van der Waals surface area contributed by atoms with Crippen molar-refractivity contribution in [3.05, 3.63) is 36.4 Å². The number of imidazole rings is 2. The third kappa shape index (κ3) is 7.89. The van der Waals surface area contributed by atoms with E-state index in [9.17, 15) is 29.4 Å². The fraction of sp³-hybridized carbons (Fsp3) is 0.444. The molecule has 14 nitrogen and oxygen atoms in total. The van der Waals surface area contributed by atoms with Crippen LogP contribution in [0.5, 0.6) is 0 Å². The van der Waals surface area contributed by atoms with Crippen LogP contribution in [0.4, 0.5) is 0 Å². The van der Waals surface area contributed by atoms with Gasteiger partial charge >= 0.3 is 5.97 Å². The van der Waals surface area contributed by atoms with Gasteiger partial charge in [-0.25, -0.2) is 14.8 Å². The van der Waals surface area contributed by atoms with Crippen molar-refractivity contribution in [2.24, 2.45) is 5.73 Å². The van der Waals surface area contributed by atoms with Crippen LogP contribution in [0.2, 0.25) is 0 Å². The average Bonchev–Trinajstić information content (AvgIpc) is 3.49. The number of carboxylic acids is 1. The van der Waals surface area contributed by atoms with E-state index in [2.05, 4.69) is 48.5 Å². The number of aromatic amines is 2. The van der Waals surface area contributed by atoms with Gasteiger partial charge in [-0.1, -0.05) is 0 Å². The number of thiol groups is 1. The maximum Gasteiger partial charge on any atom is 0.326 e. The summed E-state index contributed by atoms with van der Waals surface area (Å²) >= 11 is 3.95. The van der Waals surface area contributed by atoms with Crippen LogP contribution in [-0.2, 0) is 32.0 Å². The largest absolute Gasteiger partial charge is 0.480 e. The fourth-order valence-electron chi connectivity index (χ4n) is 2.74. The topological polar surface area (TPSA) is 228 Å². The van der Waals surface area contributed by atoms with Gasteiger partial charge in [0.15, 0.2) is 0 Å². The number of aromatic nitrogens is 4. The highest BCUT2D eigenvalue weighted by Gasteiger charge is 2.30. The molecule has 15 heteroatoms. The molecule has 9 N–H and O–H groups in total. The second-order valence-electron chi connectivity index (χ2n) is 7.06. The molecule has 2 rings (SSSR count). The summed E-state index contributed by atoms with van der Waals surface area (Å²) < 4.78 is 0. The molecule has 0 aliphatic carbocycles. The van der Waals surface area contributed by atoms with Crippen LogP contribution in [0.1, 0.15) is 11.4 Å². The second-order valence-corrected chi connectivity index (χ2v) is 7.42. The summed E-state index contributed by atoms with van der Waals surface area (Å²) in [6.07, 6.45) is 5.52. The number of H-pyrrole nitrogens is 2. The second kappa shape index (κ2) is 12.6. The highest BCUT2D eigenvalue weighted by molar-refractivity contribution is 7.80. The molecular weight excluding hydrogens is 456 g/mol. The molecule has 0 aliphatic rings. The number of aliphatic carboxylic acids is 1. The van der Waals surface area contributed by atoms with Crippen LogP contribution >= 0.6 is 12.6 Å². The molecule has 0 saturated carbocycles. The average molecular weight is 483 g/mol. The quantitative estimate of drug-likeness (QED) is 0.130. The first kappa shape index (κ1) is 25.8. The number of aliphatic hydroxyl groups is 1. The Kier molecular flexibility index (Phi) is 9.84. The molecular formula is C18H26N8O6S. The molecule has 2 aromatic rings. The number of hydrogen-bond donors (Lipinski definition) is 9. The summed E-state index contributed by atoms with van der Waals surface area (Å²) in [5.74, 6) is -3.62. The molecule has 33 heavy (non-hydrogen) atoms.